The minimum atomic E-state index is -0.223. The standard InChI is InChI=1S/C14H24N6O.HI/c1-16-14(17-9-12-5-6-18-19(12)2)20-7-3-4-11(10-20)8-13(15)21;/h5-6,11H,3-4,7-10H2,1-2H3,(H2,15,21)(H,16,17);1H. The summed E-state index contributed by atoms with van der Waals surface area (Å²) in [5, 5.41) is 7.50. The number of amides is 1. The molecule has 0 bridgehead atoms. The average Bonchev–Trinajstić information content (AvgIpc) is 2.85. The predicted molar refractivity (Wildman–Crippen MR) is 96.9 cm³/mol. The van der Waals surface area contributed by atoms with Gasteiger partial charge in [0.05, 0.1) is 12.2 Å². The number of nitrogens with one attached hydrogen (secondary N) is 1. The molecule has 124 valence electrons. The van der Waals surface area contributed by atoms with E-state index in [0.29, 0.717) is 18.9 Å². The van der Waals surface area contributed by atoms with E-state index in [1.807, 2.05) is 17.8 Å². The first-order chi connectivity index (χ1) is 10.1. The Hall–Kier alpha value is -1.32. The molecule has 1 amide bonds. The molecule has 1 fully saturated rings. The normalized spacial score (nSPS) is 18.7. The molecule has 2 heterocycles. The third-order valence-electron chi connectivity index (χ3n) is 3.87. The van der Waals surface area contributed by atoms with Crippen molar-refractivity contribution in [2.45, 2.75) is 25.8 Å². The number of hydrogen-bond acceptors (Lipinski definition) is 3. The fourth-order valence-electron chi connectivity index (χ4n) is 2.79. The zero-order valence-corrected chi connectivity index (χ0v) is 15.5. The third kappa shape index (κ3) is 5.15. The van der Waals surface area contributed by atoms with Crippen LogP contribution in [0.3, 0.4) is 0 Å². The summed E-state index contributed by atoms with van der Waals surface area (Å²) in [6.45, 7) is 2.47. The van der Waals surface area contributed by atoms with Crippen molar-refractivity contribution >= 4 is 35.8 Å². The summed E-state index contributed by atoms with van der Waals surface area (Å²) in [4.78, 5) is 17.6. The molecule has 1 unspecified atom stereocenters. The Labute approximate surface area is 148 Å². The van der Waals surface area contributed by atoms with Gasteiger partial charge < -0.3 is 16.0 Å². The maximum absolute atomic E-state index is 11.1. The highest BCUT2D eigenvalue weighted by Gasteiger charge is 2.23. The largest absolute Gasteiger partial charge is 0.370 e. The van der Waals surface area contributed by atoms with E-state index in [1.54, 1.807) is 13.2 Å². The molecule has 1 aromatic heterocycles. The molecule has 0 aromatic carbocycles. The highest BCUT2D eigenvalue weighted by molar-refractivity contribution is 14.0. The first kappa shape index (κ1) is 18.7. The van der Waals surface area contributed by atoms with Crippen LogP contribution in [-0.2, 0) is 18.4 Å². The van der Waals surface area contributed by atoms with Crippen molar-refractivity contribution in [1.82, 2.24) is 20.0 Å². The third-order valence-corrected chi connectivity index (χ3v) is 3.87. The fourth-order valence-corrected chi connectivity index (χ4v) is 2.79. The molecule has 1 aromatic rings. The summed E-state index contributed by atoms with van der Waals surface area (Å²) in [5.41, 5.74) is 6.40. The maximum Gasteiger partial charge on any atom is 0.217 e. The second-order valence-corrected chi connectivity index (χ2v) is 5.47. The minimum absolute atomic E-state index is 0. The van der Waals surface area contributed by atoms with Crippen LogP contribution in [0.4, 0.5) is 0 Å². The van der Waals surface area contributed by atoms with Gasteiger partial charge in [-0.05, 0) is 24.8 Å². The summed E-state index contributed by atoms with van der Waals surface area (Å²) in [7, 11) is 3.70. The molecule has 0 spiro atoms. The first-order valence-corrected chi connectivity index (χ1v) is 7.31. The summed E-state index contributed by atoms with van der Waals surface area (Å²) >= 11 is 0. The average molecular weight is 420 g/mol. The highest BCUT2D eigenvalue weighted by Crippen LogP contribution is 2.19. The summed E-state index contributed by atoms with van der Waals surface area (Å²) in [6, 6.07) is 1.98. The van der Waals surface area contributed by atoms with Crippen LogP contribution >= 0.6 is 24.0 Å². The number of nitrogens with zero attached hydrogens (tertiary/aromatic N) is 4. The van der Waals surface area contributed by atoms with Crippen LogP contribution in [0.25, 0.3) is 0 Å². The van der Waals surface area contributed by atoms with E-state index in [4.69, 9.17) is 5.73 Å². The van der Waals surface area contributed by atoms with Crippen LogP contribution in [0.1, 0.15) is 25.0 Å². The lowest BCUT2D eigenvalue weighted by molar-refractivity contribution is -0.119. The van der Waals surface area contributed by atoms with Crippen molar-refractivity contribution in [3.63, 3.8) is 0 Å². The quantitative estimate of drug-likeness (QED) is 0.427. The number of nitrogens with two attached hydrogens (primary N) is 1. The molecule has 1 aliphatic heterocycles. The minimum Gasteiger partial charge on any atom is -0.370 e. The van der Waals surface area contributed by atoms with Crippen molar-refractivity contribution in [3.8, 4) is 0 Å². The molecule has 22 heavy (non-hydrogen) atoms. The van der Waals surface area contributed by atoms with Gasteiger partial charge in [0, 0.05) is 39.8 Å². The van der Waals surface area contributed by atoms with Gasteiger partial charge in [-0.1, -0.05) is 0 Å². The lowest BCUT2D eigenvalue weighted by Gasteiger charge is -2.34. The number of carbonyl (C=O) groups is 1. The fraction of sp³-hybridized carbons (Fsp3) is 0.643. The molecule has 8 heteroatoms. The Morgan fingerprint density at radius 3 is 2.95 bits per heavy atom. The van der Waals surface area contributed by atoms with Crippen molar-refractivity contribution in [3.05, 3.63) is 18.0 Å². The Morgan fingerprint density at radius 1 is 1.59 bits per heavy atom. The SMILES string of the molecule is CN=C(NCc1ccnn1C)N1CCCC(CC(N)=O)C1.I. The molecule has 7 nitrogen and oxygen atoms in total. The maximum atomic E-state index is 11.1. The molecule has 1 atom stereocenters. The van der Waals surface area contributed by atoms with Gasteiger partial charge in [-0.2, -0.15) is 5.10 Å². The van der Waals surface area contributed by atoms with Crippen molar-refractivity contribution in [1.29, 1.82) is 0 Å². The topological polar surface area (TPSA) is 88.5 Å². The van der Waals surface area contributed by atoms with Crippen molar-refractivity contribution < 1.29 is 4.79 Å². The zero-order chi connectivity index (χ0) is 15.2. The molecular weight excluding hydrogens is 395 g/mol. The van der Waals surface area contributed by atoms with Gasteiger partial charge in [0.2, 0.25) is 5.91 Å². The van der Waals surface area contributed by atoms with Crippen LogP contribution in [0.2, 0.25) is 0 Å². The molecule has 0 aliphatic carbocycles. The van der Waals surface area contributed by atoms with Gasteiger partial charge >= 0.3 is 0 Å². The number of rotatable bonds is 4. The molecule has 1 saturated heterocycles. The monoisotopic (exact) mass is 420 g/mol. The summed E-state index contributed by atoms with van der Waals surface area (Å²) in [5.74, 6) is 0.969. The van der Waals surface area contributed by atoms with E-state index in [0.717, 1.165) is 37.6 Å². The van der Waals surface area contributed by atoms with Gasteiger partial charge in [0.15, 0.2) is 5.96 Å². The number of piperidine rings is 1. The van der Waals surface area contributed by atoms with Gasteiger partial charge in [-0.3, -0.25) is 14.5 Å². The van der Waals surface area contributed by atoms with Crippen LogP contribution in [0.5, 0.6) is 0 Å². The van der Waals surface area contributed by atoms with Crippen LogP contribution in [0, 0.1) is 5.92 Å². The summed E-state index contributed by atoms with van der Waals surface area (Å²) in [6.07, 6.45) is 4.35. The van der Waals surface area contributed by atoms with E-state index in [2.05, 4.69) is 20.3 Å². The number of carbonyl (C=O) groups excluding carboxylic acids is 1. The number of hydrogen-bond donors (Lipinski definition) is 2. The molecule has 3 N–H and O–H groups in total. The number of primary amides is 1. The Bertz CT molecular complexity index is 515. The van der Waals surface area contributed by atoms with Crippen molar-refractivity contribution in [2.75, 3.05) is 20.1 Å². The Kier molecular flexibility index (Phi) is 7.63. The van der Waals surface area contributed by atoms with Crippen LogP contribution < -0.4 is 11.1 Å². The van der Waals surface area contributed by atoms with E-state index >= 15 is 0 Å². The number of aryl methyl sites for hydroxylation is 1. The van der Waals surface area contributed by atoms with Crippen LogP contribution in [0.15, 0.2) is 17.3 Å². The zero-order valence-electron chi connectivity index (χ0n) is 13.2. The number of aromatic nitrogens is 2. The molecule has 2 rings (SSSR count). The number of guanidine groups is 1. The van der Waals surface area contributed by atoms with Crippen LogP contribution in [-0.4, -0.2) is 46.7 Å². The van der Waals surface area contributed by atoms with Gasteiger partial charge in [0.1, 0.15) is 0 Å². The highest BCUT2D eigenvalue weighted by atomic mass is 127. The summed E-state index contributed by atoms with van der Waals surface area (Å²) < 4.78 is 1.84. The van der Waals surface area contributed by atoms with Gasteiger partial charge in [-0.15, -0.1) is 24.0 Å². The van der Waals surface area contributed by atoms with E-state index in [9.17, 15) is 4.79 Å². The number of likely N-dealkylation sites (tertiary alicyclic amines) is 1. The Morgan fingerprint density at radius 2 is 2.36 bits per heavy atom. The van der Waals surface area contributed by atoms with E-state index in [-0.39, 0.29) is 29.9 Å². The number of halogens is 1. The van der Waals surface area contributed by atoms with Gasteiger partial charge in [-0.25, -0.2) is 0 Å². The number of aliphatic imine (C=N–C) groups is 1. The predicted octanol–water partition coefficient (Wildman–Crippen LogP) is 0.701. The van der Waals surface area contributed by atoms with E-state index < -0.39 is 0 Å². The Balaban J connectivity index is 0.00000242. The van der Waals surface area contributed by atoms with E-state index in [1.165, 1.54) is 0 Å². The second-order valence-electron chi connectivity index (χ2n) is 5.47. The molecule has 0 saturated carbocycles. The lowest BCUT2D eigenvalue weighted by atomic mass is 9.95. The molecular formula is C14H25IN6O. The second kappa shape index (κ2) is 8.96. The van der Waals surface area contributed by atoms with Gasteiger partial charge in [0.25, 0.3) is 0 Å². The first-order valence-electron chi connectivity index (χ1n) is 7.31. The lowest BCUT2D eigenvalue weighted by Crippen LogP contribution is -2.47. The molecule has 0 radical (unpaired) electrons. The van der Waals surface area contributed by atoms with Crippen molar-refractivity contribution in [2.24, 2.45) is 23.7 Å². The molecule has 1 aliphatic rings. The smallest absolute Gasteiger partial charge is 0.217 e.